The lowest BCUT2D eigenvalue weighted by Gasteiger charge is -2.13. The van der Waals surface area contributed by atoms with Gasteiger partial charge in [0.05, 0.1) is 17.4 Å². The number of aliphatic imine (C=N–C) groups is 1. The fourth-order valence-electron chi connectivity index (χ4n) is 2.32. The molecule has 7 nitrogen and oxygen atoms in total. The van der Waals surface area contributed by atoms with E-state index in [0.717, 1.165) is 4.88 Å². The Morgan fingerprint density at radius 1 is 1.31 bits per heavy atom. The van der Waals surface area contributed by atoms with E-state index in [4.69, 9.17) is 16.3 Å². The van der Waals surface area contributed by atoms with E-state index in [1.807, 2.05) is 19.1 Å². The number of nitrogens with zero attached hydrogens (tertiary/aromatic N) is 1. The van der Waals surface area contributed by atoms with Gasteiger partial charge in [-0.15, -0.1) is 35.3 Å². The van der Waals surface area contributed by atoms with Gasteiger partial charge < -0.3 is 25.8 Å². The normalized spacial score (nSPS) is 11.9. The Bertz CT molecular complexity index is 803. The van der Waals surface area contributed by atoms with Gasteiger partial charge in [0.25, 0.3) is 0 Å². The van der Waals surface area contributed by atoms with Gasteiger partial charge in [-0.25, -0.2) is 0 Å². The third kappa shape index (κ3) is 9.66. The average Bonchev–Trinajstić information content (AvgIpc) is 3.09. The lowest BCUT2D eigenvalue weighted by atomic mass is 10.3. The zero-order chi connectivity index (χ0) is 20.4. The minimum Gasteiger partial charge on any atom is -0.492 e. The first kappa shape index (κ1) is 25.5. The van der Waals surface area contributed by atoms with Gasteiger partial charge in [-0.2, -0.15) is 0 Å². The lowest BCUT2D eigenvalue weighted by molar-refractivity contribution is -0.114. The number of guanidine groups is 1. The average molecular weight is 553 g/mol. The summed E-state index contributed by atoms with van der Waals surface area (Å²) >= 11 is 7.24. The highest BCUT2D eigenvalue weighted by molar-refractivity contribution is 14.0. The molecule has 0 aliphatic heterocycles. The summed E-state index contributed by atoms with van der Waals surface area (Å²) in [7, 11) is 0. The van der Waals surface area contributed by atoms with Crippen LogP contribution in [0.2, 0.25) is 4.34 Å². The molecular formula is C19H26ClIN4O3S. The van der Waals surface area contributed by atoms with E-state index in [-0.39, 0.29) is 36.4 Å². The van der Waals surface area contributed by atoms with Gasteiger partial charge in [-0.05, 0) is 31.2 Å². The highest BCUT2D eigenvalue weighted by Crippen LogP contribution is 2.26. The summed E-state index contributed by atoms with van der Waals surface area (Å²) in [6.07, 6.45) is -0.694. The number of carbonyl (C=O) groups is 1. The number of halogens is 2. The molecule has 0 aliphatic carbocycles. The van der Waals surface area contributed by atoms with Crippen LogP contribution in [-0.2, 0) is 4.79 Å². The summed E-state index contributed by atoms with van der Waals surface area (Å²) in [4.78, 5) is 16.3. The predicted octanol–water partition coefficient (Wildman–Crippen LogP) is 3.65. The van der Waals surface area contributed by atoms with Gasteiger partial charge in [-0.1, -0.05) is 17.7 Å². The molecule has 0 aliphatic rings. The van der Waals surface area contributed by atoms with Crippen molar-refractivity contribution < 1.29 is 14.6 Å². The van der Waals surface area contributed by atoms with E-state index in [0.29, 0.717) is 41.4 Å². The molecule has 1 atom stereocenters. The van der Waals surface area contributed by atoms with Crippen molar-refractivity contribution in [3.8, 4) is 5.75 Å². The van der Waals surface area contributed by atoms with Crippen LogP contribution >= 0.6 is 46.9 Å². The molecule has 0 fully saturated rings. The van der Waals surface area contributed by atoms with Crippen LogP contribution in [0.5, 0.6) is 5.75 Å². The maximum absolute atomic E-state index is 11.1. The number of amides is 1. The molecule has 0 spiro atoms. The molecule has 0 saturated heterocycles. The maximum atomic E-state index is 11.1. The Morgan fingerprint density at radius 3 is 2.76 bits per heavy atom. The number of benzene rings is 1. The molecule has 2 rings (SSSR count). The van der Waals surface area contributed by atoms with E-state index in [2.05, 4.69) is 20.9 Å². The topological polar surface area (TPSA) is 95.0 Å². The first-order valence-corrected chi connectivity index (χ1v) is 10.1. The van der Waals surface area contributed by atoms with Crippen molar-refractivity contribution in [2.75, 3.05) is 31.6 Å². The third-order valence-electron chi connectivity index (χ3n) is 3.51. The molecule has 160 valence electrons. The highest BCUT2D eigenvalue weighted by atomic mass is 127. The number of nitrogens with one attached hydrogen (secondary N) is 3. The SMILES string of the molecule is CCNC(=NCC(O)c1ccc(Cl)s1)NCCOc1cccc(NC(C)=O)c1.I. The summed E-state index contributed by atoms with van der Waals surface area (Å²) in [5, 5.41) is 19.2. The van der Waals surface area contributed by atoms with Crippen LogP contribution in [0.4, 0.5) is 5.69 Å². The molecule has 29 heavy (non-hydrogen) atoms. The Balaban J connectivity index is 0.00000420. The van der Waals surface area contributed by atoms with Crippen LogP contribution < -0.4 is 20.7 Å². The van der Waals surface area contributed by atoms with Crippen molar-refractivity contribution >= 4 is 64.5 Å². The second kappa shape index (κ2) is 13.6. The molecule has 1 aromatic heterocycles. The number of ether oxygens (including phenoxy) is 1. The second-order valence-corrected chi connectivity index (χ2v) is 7.61. The summed E-state index contributed by atoms with van der Waals surface area (Å²) in [6.45, 7) is 5.30. The fourth-order valence-corrected chi connectivity index (χ4v) is 3.36. The van der Waals surface area contributed by atoms with Gasteiger partial charge in [0.15, 0.2) is 5.96 Å². The quantitative estimate of drug-likeness (QED) is 0.165. The number of thiophene rings is 1. The minimum atomic E-state index is -0.694. The fraction of sp³-hybridized carbons (Fsp3) is 0.368. The first-order chi connectivity index (χ1) is 13.5. The van der Waals surface area contributed by atoms with Crippen molar-refractivity contribution in [2.24, 2.45) is 4.99 Å². The number of rotatable bonds is 9. The smallest absolute Gasteiger partial charge is 0.221 e. The van der Waals surface area contributed by atoms with Crippen molar-refractivity contribution in [1.82, 2.24) is 10.6 Å². The summed E-state index contributed by atoms with van der Waals surface area (Å²) in [5.41, 5.74) is 0.690. The predicted molar refractivity (Wildman–Crippen MR) is 130 cm³/mol. The number of carbonyl (C=O) groups excluding carboxylic acids is 1. The van der Waals surface area contributed by atoms with Crippen LogP contribution in [0.1, 0.15) is 24.8 Å². The molecule has 2 aromatic rings. The van der Waals surface area contributed by atoms with Crippen LogP contribution in [0.3, 0.4) is 0 Å². The van der Waals surface area contributed by atoms with Crippen LogP contribution in [0, 0.1) is 0 Å². The second-order valence-electron chi connectivity index (χ2n) is 5.86. The van der Waals surface area contributed by atoms with Crippen LogP contribution in [0.15, 0.2) is 41.4 Å². The van der Waals surface area contributed by atoms with E-state index < -0.39 is 6.10 Å². The van der Waals surface area contributed by atoms with Crippen LogP contribution in [0.25, 0.3) is 0 Å². The standard InChI is InChI=1S/C19H25ClN4O3S.HI/c1-3-21-19(23-12-16(26)17-7-8-18(20)28-17)22-9-10-27-15-6-4-5-14(11-15)24-13(2)25;/h4-8,11,16,26H,3,9-10,12H2,1-2H3,(H,24,25)(H2,21,22,23);1H. The zero-order valence-corrected chi connectivity index (χ0v) is 20.2. The molecule has 1 aromatic carbocycles. The van der Waals surface area contributed by atoms with Crippen LogP contribution in [-0.4, -0.2) is 43.2 Å². The van der Waals surface area contributed by atoms with Crippen molar-refractivity contribution in [2.45, 2.75) is 20.0 Å². The lowest BCUT2D eigenvalue weighted by Crippen LogP contribution is -2.39. The van der Waals surface area contributed by atoms with E-state index in [9.17, 15) is 9.90 Å². The van der Waals surface area contributed by atoms with Gasteiger partial charge in [-0.3, -0.25) is 9.79 Å². The van der Waals surface area contributed by atoms with E-state index in [1.54, 1.807) is 24.3 Å². The molecule has 1 amide bonds. The molecule has 0 saturated carbocycles. The van der Waals surface area contributed by atoms with Crippen molar-refractivity contribution in [1.29, 1.82) is 0 Å². The largest absolute Gasteiger partial charge is 0.492 e. The summed E-state index contributed by atoms with van der Waals surface area (Å²) < 4.78 is 6.34. The summed E-state index contributed by atoms with van der Waals surface area (Å²) in [6, 6.07) is 10.8. The van der Waals surface area contributed by atoms with E-state index >= 15 is 0 Å². The zero-order valence-electron chi connectivity index (χ0n) is 16.3. The molecule has 1 heterocycles. The van der Waals surface area contributed by atoms with Gasteiger partial charge in [0.1, 0.15) is 18.5 Å². The number of hydrogen-bond acceptors (Lipinski definition) is 5. The molecule has 10 heteroatoms. The van der Waals surface area contributed by atoms with Gasteiger partial charge >= 0.3 is 0 Å². The summed E-state index contributed by atoms with van der Waals surface area (Å²) in [5.74, 6) is 1.14. The monoisotopic (exact) mass is 552 g/mol. The number of hydrogen-bond donors (Lipinski definition) is 4. The maximum Gasteiger partial charge on any atom is 0.221 e. The molecule has 0 bridgehead atoms. The minimum absolute atomic E-state index is 0. The molecule has 4 N–H and O–H groups in total. The third-order valence-corrected chi connectivity index (χ3v) is 4.84. The van der Waals surface area contributed by atoms with Crippen molar-refractivity contribution in [3.63, 3.8) is 0 Å². The number of anilines is 1. The molecular weight excluding hydrogens is 527 g/mol. The molecule has 0 radical (unpaired) electrons. The Labute approximate surface area is 196 Å². The highest BCUT2D eigenvalue weighted by Gasteiger charge is 2.10. The molecule has 1 unspecified atom stereocenters. The first-order valence-electron chi connectivity index (χ1n) is 8.94. The number of aliphatic hydroxyl groups excluding tert-OH is 1. The Hall–Kier alpha value is -1.56. The Morgan fingerprint density at radius 2 is 2.10 bits per heavy atom. The van der Waals surface area contributed by atoms with Gasteiger partial charge in [0.2, 0.25) is 5.91 Å². The van der Waals surface area contributed by atoms with Crippen molar-refractivity contribution in [3.05, 3.63) is 45.6 Å². The van der Waals surface area contributed by atoms with E-state index in [1.165, 1.54) is 18.3 Å². The van der Waals surface area contributed by atoms with Gasteiger partial charge in [0, 0.05) is 30.1 Å². The Kier molecular flexibility index (Phi) is 12.0. The number of aliphatic hydroxyl groups is 1.